The van der Waals surface area contributed by atoms with Crippen molar-refractivity contribution in [2.75, 3.05) is 52.8 Å². The first-order chi connectivity index (χ1) is 10.2. The molecule has 1 N–H and O–H groups in total. The number of ether oxygens (including phenoxy) is 3. The van der Waals surface area contributed by atoms with E-state index in [9.17, 15) is 5.11 Å². The molecular formula is C14H21N3O4. The van der Waals surface area contributed by atoms with E-state index in [1.165, 1.54) is 0 Å². The Morgan fingerprint density at radius 2 is 1.43 bits per heavy atom. The molecule has 116 valence electrons. The number of nitriles is 2. The van der Waals surface area contributed by atoms with Gasteiger partial charge in [0.15, 0.2) is 0 Å². The summed E-state index contributed by atoms with van der Waals surface area (Å²) in [5, 5.41) is 26.5. The van der Waals surface area contributed by atoms with Gasteiger partial charge in [-0.2, -0.15) is 10.5 Å². The van der Waals surface area contributed by atoms with Gasteiger partial charge >= 0.3 is 0 Å². The molecule has 7 heteroatoms. The van der Waals surface area contributed by atoms with Crippen molar-refractivity contribution >= 4 is 0 Å². The predicted octanol–water partition coefficient (Wildman–Crippen LogP) is 0.762. The van der Waals surface area contributed by atoms with Crippen molar-refractivity contribution in [2.45, 2.75) is 12.8 Å². The Labute approximate surface area is 125 Å². The highest BCUT2D eigenvalue weighted by Crippen LogP contribution is 2.19. The maximum Gasteiger partial charge on any atom is 0.237 e. The van der Waals surface area contributed by atoms with Crippen molar-refractivity contribution in [1.82, 2.24) is 0 Å². The molecule has 0 atom stereocenters. The Morgan fingerprint density at radius 3 is 1.81 bits per heavy atom. The fourth-order valence-electron chi connectivity index (χ4n) is 1.47. The third kappa shape index (κ3) is 9.79. The summed E-state index contributed by atoms with van der Waals surface area (Å²) >= 11 is 0. The van der Waals surface area contributed by atoms with Crippen LogP contribution in [0.25, 0.3) is 4.85 Å². The third-order valence-electron chi connectivity index (χ3n) is 2.62. The van der Waals surface area contributed by atoms with Crippen LogP contribution in [0.4, 0.5) is 0 Å². The first kappa shape index (κ1) is 19.3. The van der Waals surface area contributed by atoms with Gasteiger partial charge in [-0.3, -0.25) is 0 Å². The van der Waals surface area contributed by atoms with E-state index in [4.69, 9.17) is 31.3 Å². The van der Waals surface area contributed by atoms with Crippen molar-refractivity contribution in [3.05, 3.63) is 11.4 Å². The van der Waals surface area contributed by atoms with Crippen LogP contribution < -0.4 is 0 Å². The molecule has 0 radical (unpaired) electrons. The van der Waals surface area contributed by atoms with Crippen molar-refractivity contribution < 1.29 is 19.3 Å². The van der Waals surface area contributed by atoms with Crippen LogP contribution in [0.1, 0.15) is 12.8 Å². The molecule has 0 aromatic carbocycles. The SMILES string of the molecule is [C-]#[N+]CCOCC(CO)(COCCC#N)COCCC#N. The second-order valence-electron chi connectivity index (χ2n) is 4.51. The standard InChI is InChI=1S/C14H21N3O4/c1-17-6-9-21-13-14(10-18,11-19-7-2-4-15)12-20-8-3-5-16/h18H,2-3,6-13H2. The predicted molar refractivity (Wildman–Crippen MR) is 73.9 cm³/mol. The minimum atomic E-state index is -0.743. The van der Waals surface area contributed by atoms with E-state index < -0.39 is 5.41 Å². The van der Waals surface area contributed by atoms with E-state index in [-0.39, 0.29) is 65.6 Å². The second kappa shape index (κ2) is 13.3. The quantitative estimate of drug-likeness (QED) is 0.398. The zero-order valence-corrected chi connectivity index (χ0v) is 12.1. The van der Waals surface area contributed by atoms with Crippen LogP contribution in [0, 0.1) is 34.6 Å². The van der Waals surface area contributed by atoms with E-state index in [1.807, 2.05) is 12.1 Å². The van der Waals surface area contributed by atoms with Crippen molar-refractivity contribution in [2.24, 2.45) is 5.41 Å². The lowest BCUT2D eigenvalue weighted by molar-refractivity contribution is -0.0901. The van der Waals surface area contributed by atoms with Crippen LogP contribution in [-0.2, 0) is 14.2 Å². The molecule has 0 aliphatic carbocycles. The molecule has 0 bridgehead atoms. The number of nitrogens with zero attached hydrogens (tertiary/aromatic N) is 3. The van der Waals surface area contributed by atoms with Crippen LogP contribution in [0.5, 0.6) is 0 Å². The second-order valence-corrected chi connectivity index (χ2v) is 4.51. The molecule has 0 unspecified atom stereocenters. The molecular weight excluding hydrogens is 274 g/mol. The van der Waals surface area contributed by atoms with Gasteiger partial charge in [-0.05, 0) is 0 Å². The Balaban J connectivity index is 4.34. The van der Waals surface area contributed by atoms with Crippen LogP contribution in [-0.4, -0.2) is 57.9 Å². The summed E-state index contributed by atoms with van der Waals surface area (Å²) in [5.74, 6) is 0. The van der Waals surface area contributed by atoms with Gasteiger partial charge in [0.2, 0.25) is 6.54 Å². The van der Waals surface area contributed by atoms with Gasteiger partial charge in [-0.1, -0.05) is 0 Å². The van der Waals surface area contributed by atoms with Crippen LogP contribution in [0.3, 0.4) is 0 Å². The molecule has 0 heterocycles. The maximum atomic E-state index is 9.62. The zero-order valence-electron chi connectivity index (χ0n) is 12.1. The van der Waals surface area contributed by atoms with Gasteiger partial charge in [0.05, 0.1) is 70.0 Å². The highest BCUT2D eigenvalue weighted by atomic mass is 16.5. The van der Waals surface area contributed by atoms with Gasteiger partial charge in [0.1, 0.15) is 6.61 Å². The van der Waals surface area contributed by atoms with E-state index in [0.29, 0.717) is 0 Å². The molecule has 0 saturated carbocycles. The minimum Gasteiger partial charge on any atom is -0.396 e. The molecule has 21 heavy (non-hydrogen) atoms. The summed E-state index contributed by atoms with van der Waals surface area (Å²) < 4.78 is 16.1. The number of aliphatic hydroxyl groups is 1. The average Bonchev–Trinajstić information content (AvgIpc) is 2.51. The molecule has 0 spiro atoms. The summed E-state index contributed by atoms with van der Waals surface area (Å²) in [6.45, 7) is 8.14. The van der Waals surface area contributed by atoms with Crippen LogP contribution in [0.2, 0.25) is 0 Å². The highest BCUT2D eigenvalue weighted by Gasteiger charge is 2.31. The molecule has 0 amide bonds. The fraction of sp³-hybridized carbons (Fsp3) is 0.786. The van der Waals surface area contributed by atoms with Gasteiger partial charge < -0.3 is 24.2 Å². The van der Waals surface area contributed by atoms with Crippen molar-refractivity contribution in [1.29, 1.82) is 10.5 Å². The third-order valence-corrected chi connectivity index (χ3v) is 2.62. The van der Waals surface area contributed by atoms with Gasteiger partial charge in [0, 0.05) is 0 Å². The van der Waals surface area contributed by atoms with Crippen molar-refractivity contribution in [3.8, 4) is 12.1 Å². The molecule has 0 aliphatic rings. The lowest BCUT2D eigenvalue weighted by atomic mass is 9.92. The van der Waals surface area contributed by atoms with Gasteiger partial charge in [-0.25, -0.2) is 6.57 Å². The Morgan fingerprint density at radius 1 is 0.952 bits per heavy atom. The monoisotopic (exact) mass is 295 g/mol. The summed E-state index contributed by atoms with van der Waals surface area (Å²) in [5.41, 5.74) is -0.743. The smallest absolute Gasteiger partial charge is 0.237 e. The molecule has 0 saturated heterocycles. The lowest BCUT2D eigenvalue weighted by Crippen LogP contribution is -2.41. The maximum absolute atomic E-state index is 9.62. The van der Waals surface area contributed by atoms with E-state index in [1.54, 1.807) is 0 Å². The first-order valence-corrected chi connectivity index (χ1v) is 6.66. The topological polar surface area (TPSA) is 99.9 Å². The fourth-order valence-corrected chi connectivity index (χ4v) is 1.47. The van der Waals surface area contributed by atoms with Crippen LogP contribution in [0.15, 0.2) is 0 Å². The van der Waals surface area contributed by atoms with Crippen LogP contribution >= 0.6 is 0 Å². The zero-order chi connectivity index (χ0) is 15.8. The van der Waals surface area contributed by atoms with Gasteiger partial charge in [-0.15, -0.1) is 0 Å². The number of rotatable bonds is 13. The first-order valence-electron chi connectivity index (χ1n) is 6.66. The number of aliphatic hydroxyl groups excluding tert-OH is 1. The molecule has 0 aliphatic heterocycles. The molecule has 0 aromatic heterocycles. The largest absolute Gasteiger partial charge is 0.396 e. The van der Waals surface area contributed by atoms with E-state index >= 15 is 0 Å². The number of hydrogen-bond acceptors (Lipinski definition) is 6. The average molecular weight is 295 g/mol. The molecule has 0 fully saturated rings. The Kier molecular flexibility index (Phi) is 12.2. The van der Waals surface area contributed by atoms with Crippen molar-refractivity contribution in [3.63, 3.8) is 0 Å². The van der Waals surface area contributed by atoms with E-state index in [2.05, 4.69) is 4.85 Å². The lowest BCUT2D eigenvalue weighted by Gasteiger charge is -2.30. The molecule has 0 aromatic rings. The summed E-state index contributed by atoms with van der Waals surface area (Å²) in [4.78, 5) is 3.18. The summed E-state index contributed by atoms with van der Waals surface area (Å²) in [7, 11) is 0. The Bertz CT molecular complexity index is 326. The normalized spacial score (nSPS) is 10.6. The summed E-state index contributed by atoms with van der Waals surface area (Å²) in [6.07, 6.45) is 0.546. The highest BCUT2D eigenvalue weighted by molar-refractivity contribution is 4.80. The molecule has 7 nitrogen and oxygen atoms in total. The number of hydrogen-bond donors (Lipinski definition) is 1. The van der Waals surface area contributed by atoms with E-state index in [0.717, 1.165) is 0 Å². The minimum absolute atomic E-state index is 0.190. The Hall–Kier alpha value is -1.69. The summed E-state index contributed by atoms with van der Waals surface area (Å²) in [6, 6.07) is 3.95. The van der Waals surface area contributed by atoms with Gasteiger partial charge in [0.25, 0.3) is 0 Å². The molecule has 0 rings (SSSR count).